The number of piperazine rings is 1. The molecule has 0 unspecified atom stereocenters. The van der Waals surface area contributed by atoms with E-state index in [2.05, 4.69) is 11.5 Å². The Bertz CT molecular complexity index is 479. The first-order chi connectivity index (χ1) is 10.2. The second kappa shape index (κ2) is 7.84. The molecular formula is C17H24N2O2. The van der Waals surface area contributed by atoms with Crippen molar-refractivity contribution in [2.45, 2.75) is 12.8 Å². The van der Waals surface area contributed by atoms with E-state index in [1.165, 1.54) is 0 Å². The standard InChI is InChI=1S/C17H24N2O2/c1-3-10-18-11-13-19(14-12-18)17(20)9-8-15-6-4-5-7-16(15)21-2/h3-7H,1,8-14H2,2H3. The van der Waals surface area contributed by atoms with Crippen LogP contribution >= 0.6 is 0 Å². The van der Waals surface area contributed by atoms with Crippen molar-refractivity contribution in [2.24, 2.45) is 0 Å². The summed E-state index contributed by atoms with van der Waals surface area (Å²) in [5.41, 5.74) is 1.10. The Labute approximate surface area is 127 Å². The third-order valence-electron chi connectivity index (χ3n) is 3.91. The monoisotopic (exact) mass is 288 g/mol. The fraction of sp³-hybridized carbons (Fsp3) is 0.471. The van der Waals surface area contributed by atoms with E-state index in [9.17, 15) is 4.79 Å². The molecule has 1 aliphatic heterocycles. The number of aryl methyl sites for hydroxylation is 1. The summed E-state index contributed by atoms with van der Waals surface area (Å²) < 4.78 is 5.32. The molecule has 21 heavy (non-hydrogen) atoms. The zero-order valence-corrected chi connectivity index (χ0v) is 12.8. The summed E-state index contributed by atoms with van der Waals surface area (Å²) in [7, 11) is 1.67. The van der Waals surface area contributed by atoms with Crippen molar-refractivity contribution < 1.29 is 9.53 Å². The average molecular weight is 288 g/mol. The molecular weight excluding hydrogens is 264 g/mol. The zero-order chi connectivity index (χ0) is 15.1. The highest BCUT2D eigenvalue weighted by atomic mass is 16.5. The Balaban J connectivity index is 1.81. The highest BCUT2D eigenvalue weighted by molar-refractivity contribution is 5.76. The molecule has 1 fully saturated rings. The fourth-order valence-electron chi connectivity index (χ4n) is 2.67. The molecule has 0 aliphatic carbocycles. The predicted octanol–water partition coefficient (Wildman–Crippen LogP) is 1.96. The number of hydrogen-bond donors (Lipinski definition) is 0. The van der Waals surface area contributed by atoms with Crippen molar-refractivity contribution in [1.82, 2.24) is 9.80 Å². The zero-order valence-electron chi connectivity index (χ0n) is 12.8. The number of methoxy groups -OCH3 is 1. The Hall–Kier alpha value is -1.81. The van der Waals surface area contributed by atoms with Crippen molar-refractivity contribution in [2.75, 3.05) is 39.8 Å². The van der Waals surface area contributed by atoms with Gasteiger partial charge in [0, 0.05) is 39.1 Å². The minimum Gasteiger partial charge on any atom is -0.496 e. The highest BCUT2D eigenvalue weighted by Gasteiger charge is 2.20. The van der Waals surface area contributed by atoms with Gasteiger partial charge in [0.2, 0.25) is 5.91 Å². The number of para-hydroxylation sites is 1. The Morgan fingerprint density at radius 1 is 1.29 bits per heavy atom. The second-order valence-corrected chi connectivity index (χ2v) is 5.28. The largest absolute Gasteiger partial charge is 0.496 e. The van der Waals surface area contributed by atoms with Crippen LogP contribution in [0.2, 0.25) is 0 Å². The van der Waals surface area contributed by atoms with Crippen molar-refractivity contribution in [3.63, 3.8) is 0 Å². The molecule has 0 spiro atoms. The summed E-state index contributed by atoms with van der Waals surface area (Å²) in [6.07, 6.45) is 3.19. The maximum Gasteiger partial charge on any atom is 0.222 e. The highest BCUT2D eigenvalue weighted by Crippen LogP contribution is 2.19. The summed E-state index contributed by atoms with van der Waals surface area (Å²) in [5, 5.41) is 0. The number of carbonyl (C=O) groups excluding carboxylic acids is 1. The molecule has 0 radical (unpaired) electrons. The summed E-state index contributed by atoms with van der Waals surface area (Å²) >= 11 is 0. The summed E-state index contributed by atoms with van der Waals surface area (Å²) in [6.45, 7) is 8.17. The van der Waals surface area contributed by atoms with Gasteiger partial charge in [0.05, 0.1) is 7.11 Å². The maximum absolute atomic E-state index is 12.3. The lowest BCUT2D eigenvalue weighted by Crippen LogP contribution is -2.48. The Morgan fingerprint density at radius 3 is 2.67 bits per heavy atom. The molecule has 1 aromatic carbocycles. The molecule has 0 N–H and O–H groups in total. The Morgan fingerprint density at radius 2 is 2.00 bits per heavy atom. The van der Waals surface area contributed by atoms with Gasteiger partial charge in [0.1, 0.15) is 5.75 Å². The molecule has 1 saturated heterocycles. The first-order valence-electron chi connectivity index (χ1n) is 7.47. The molecule has 0 saturated carbocycles. The number of amides is 1. The number of benzene rings is 1. The molecule has 1 aromatic rings. The molecule has 114 valence electrons. The van der Waals surface area contributed by atoms with Gasteiger partial charge < -0.3 is 9.64 Å². The van der Waals surface area contributed by atoms with Gasteiger partial charge in [-0.2, -0.15) is 0 Å². The lowest BCUT2D eigenvalue weighted by atomic mass is 10.1. The van der Waals surface area contributed by atoms with E-state index >= 15 is 0 Å². The SMILES string of the molecule is C=CCN1CCN(C(=O)CCc2ccccc2OC)CC1. The normalized spacial score (nSPS) is 15.8. The van der Waals surface area contributed by atoms with E-state index in [1.807, 2.05) is 35.2 Å². The maximum atomic E-state index is 12.3. The molecule has 0 aromatic heterocycles. The van der Waals surface area contributed by atoms with Crippen LogP contribution in [0.4, 0.5) is 0 Å². The van der Waals surface area contributed by atoms with Gasteiger partial charge in [-0.3, -0.25) is 9.69 Å². The number of carbonyl (C=O) groups is 1. The number of hydrogen-bond acceptors (Lipinski definition) is 3. The van der Waals surface area contributed by atoms with Crippen LogP contribution in [-0.4, -0.2) is 55.5 Å². The van der Waals surface area contributed by atoms with Gasteiger partial charge in [-0.15, -0.1) is 6.58 Å². The summed E-state index contributed by atoms with van der Waals surface area (Å²) in [6, 6.07) is 7.89. The average Bonchev–Trinajstić information content (AvgIpc) is 2.54. The second-order valence-electron chi connectivity index (χ2n) is 5.28. The number of rotatable bonds is 6. The van der Waals surface area contributed by atoms with Crippen LogP contribution < -0.4 is 4.74 Å². The molecule has 0 bridgehead atoms. The van der Waals surface area contributed by atoms with Gasteiger partial charge in [-0.25, -0.2) is 0 Å². The van der Waals surface area contributed by atoms with Gasteiger partial charge in [0.25, 0.3) is 0 Å². The number of ether oxygens (including phenoxy) is 1. The Kier molecular flexibility index (Phi) is 5.81. The van der Waals surface area contributed by atoms with Crippen molar-refractivity contribution in [1.29, 1.82) is 0 Å². The van der Waals surface area contributed by atoms with Crippen molar-refractivity contribution in [3.05, 3.63) is 42.5 Å². The van der Waals surface area contributed by atoms with E-state index < -0.39 is 0 Å². The molecule has 1 amide bonds. The predicted molar refractivity (Wildman–Crippen MR) is 84.5 cm³/mol. The van der Waals surface area contributed by atoms with Crippen LogP contribution in [0.3, 0.4) is 0 Å². The van der Waals surface area contributed by atoms with Gasteiger partial charge >= 0.3 is 0 Å². The van der Waals surface area contributed by atoms with Crippen LogP contribution in [0.1, 0.15) is 12.0 Å². The molecule has 0 atom stereocenters. The van der Waals surface area contributed by atoms with Crippen LogP contribution in [-0.2, 0) is 11.2 Å². The van der Waals surface area contributed by atoms with Crippen LogP contribution in [0.25, 0.3) is 0 Å². The summed E-state index contributed by atoms with van der Waals surface area (Å²) in [4.78, 5) is 16.6. The lowest BCUT2D eigenvalue weighted by Gasteiger charge is -2.34. The lowest BCUT2D eigenvalue weighted by molar-refractivity contribution is -0.132. The first kappa shape index (κ1) is 15.6. The summed E-state index contributed by atoms with van der Waals surface area (Å²) in [5.74, 6) is 1.10. The van der Waals surface area contributed by atoms with E-state index in [1.54, 1.807) is 7.11 Å². The molecule has 4 nitrogen and oxygen atoms in total. The minimum atomic E-state index is 0.235. The van der Waals surface area contributed by atoms with Crippen molar-refractivity contribution in [3.8, 4) is 5.75 Å². The van der Waals surface area contributed by atoms with E-state index in [0.29, 0.717) is 6.42 Å². The topological polar surface area (TPSA) is 32.8 Å². The number of nitrogens with zero attached hydrogens (tertiary/aromatic N) is 2. The molecule has 1 aliphatic rings. The van der Waals surface area contributed by atoms with E-state index in [0.717, 1.165) is 50.5 Å². The third kappa shape index (κ3) is 4.33. The van der Waals surface area contributed by atoms with Crippen LogP contribution in [0.5, 0.6) is 5.75 Å². The third-order valence-corrected chi connectivity index (χ3v) is 3.91. The molecule has 1 heterocycles. The van der Waals surface area contributed by atoms with Gasteiger partial charge in [0.15, 0.2) is 0 Å². The molecule has 2 rings (SSSR count). The van der Waals surface area contributed by atoms with Crippen molar-refractivity contribution >= 4 is 5.91 Å². The van der Waals surface area contributed by atoms with Crippen LogP contribution in [0.15, 0.2) is 36.9 Å². The van der Waals surface area contributed by atoms with E-state index in [-0.39, 0.29) is 5.91 Å². The smallest absolute Gasteiger partial charge is 0.222 e. The van der Waals surface area contributed by atoms with Crippen LogP contribution in [0, 0.1) is 0 Å². The molecule has 4 heteroatoms. The first-order valence-corrected chi connectivity index (χ1v) is 7.47. The van der Waals surface area contributed by atoms with Gasteiger partial charge in [-0.1, -0.05) is 24.3 Å². The van der Waals surface area contributed by atoms with Gasteiger partial charge in [-0.05, 0) is 18.1 Å². The minimum absolute atomic E-state index is 0.235. The fourth-order valence-corrected chi connectivity index (χ4v) is 2.67. The van der Waals surface area contributed by atoms with E-state index in [4.69, 9.17) is 4.74 Å². The quantitative estimate of drug-likeness (QED) is 0.750.